The summed E-state index contributed by atoms with van der Waals surface area (Å²) in [5.74, 6) is -0.334. The molecule has 112 valence electrons. The number of anilines is 1. The third-order valence-corrected chi connectivity index (χ3v) is 6.79. The molecule has 0 aliphatic carbocycles. The largest absolute Gasteiger partial charge is 0.298 e. The van der Waals surface area contributed by atoms with E-state index in [9.17, 15) is 13.2 Å². The Morgan fingerprint density at radius 1 is 1.33 bits per heavy atom. The standard InChI is InChI=1S/C13H13BrN2O3S2/c1-7-5-4-6-9(10(7)14)11(17)16-13-15-8(2)12(20-13)21(3,18)19/h4-6H,1-3H3,(H,15,16,17). The van der Waals surface area contributed by atoms with Gasteiger partial charge in [0, 0.05) is 10.7 Å². The summed E-state index contributed by atoms with van der Waals surface area (Å²) in [6, 6.07) is 5.35. The lowest BCUT2D eigenvalue weighted by atomic mass is 10.1. The van der Waals surface area contributed by atoms with Crippen LogP contribution in [0.1, 0.15) is 21.6 Å². The number of thiazole rings is 1. The number of benzene rings is 1. The fourth-order valence-corrected chi connectivity index (χ4v) is 4.33. The Labute approximate surface area is 135 Å². The van der Waals surface area contributed by atoms with Crippen LogP contribution >= 0.6 is 27.3 Å². The van der Waals surface area contributed by atoms with Gasteiger partial charge in [0.05, 0.1) is 11.3 Å². The fraction of sp³-hybridized carbons (Fsp3) is 0.231. The third-order valence-electron chi connectivity index (χ3n) is 2.75. The molecule has 1 aromatic carbocycles. The molecule has 0 fully saturated rings. The number of carbonyl (C=O) groups is 1. The summed E-state index contributed by atoms with van der Waals surface area (Å²) in [4.78, 5) is 16.3. The molecule has 21 heavy (non-hydrogen) atoms. The third kappa shape index (κ3) is 3.50. The second kappa shape index (κ2) is 5.86. The first-order chi connectivity index (χ1) is 9.70. The van der Waals surface area contributed by atoms with Crippen LogP contribution in [0.5, 0.6) is 0 Å². The van der Waals surface area contributed by atoms with Gasteiger partial charge in [0.2, 0.25) is 0 Å². The molecule has 2 aromatic rings. The van der Waals surface area contributed by atoms with Crippen LogP contribution in [0, 0.1) is 13.8 Å². The van der Waals surface area contributed by atoms with Crippen molar-refractivity contribution >= 4 is 48.1 Å². The maximum Gasteiger partial charge on any atom is 0.258 e. The van der Waals surface area contributed by atoms with Crippen molar-refractivity contribution in [3.05, 3.63) is 39.5 Å². The maximum atomic E-state index is 12.2. The molecule has 8 heteroatoms. The Bertz CT molecular complexity index is 813. The molecule has 1 N–H and O–H groups in total. The second-order valence-corrected chi connectivity index (χ2v) is 8.56. The number of nitrogens with zero attached hydrogens (tertiary/aromatic N) is 1. The van der Waals surface area contributed by atoms with Crippen LogP contribution in [-0.4, -0.2) is 25.6 Å². The van der Waals surface area contributed by atoms with Gasteiger partial charge in [-0.2, -0.15) is 0 Å². The highest BCUT2D eigenvalue weighted by Gasteiger charge is 2.19. The van der Waals surface area contributed by atoms with Crippen LogP contribution in [0.4, 0.5) is 5.13 Å². The van der Waals surface area contributed by atoms with Gasteiger partial charge in [-0.15, -0.1) is 0 Å². The van der Waals surface area contributed by atoms with Crippen LogP contribution in [0.15, 0.2) is 26.9 Å². The van der Waals surface area contributed by atoms with Crippen LogP contribution in [0.2, 0.25) is 0 Å². The van der Waals surface area contributed by atoms with Gasteiger partial charge >= 0.3 is 0 Å². The summed E-state index contributed by atoms with van der Waals surface area (Å²) in [5.41, 5.74) is 1.81. The quantitative estimate of drug-likeness (QED) is 0.875. The zero-order chi connectivity index (χ0) is 15.8. The van der Waals surface area contributed by atoms with Gasteiger partial charge in [0.1, 0.15) is 4.21 Å². The molecule has 0 saturated heterocycles. The van der Waals surface area contributed by atoms with Gasteiger partial charge in [0.15, 0.2) is 15.0 Å². The van der Waals surface area contributed by atoms with E-state index in [0.29, 0.717) is 15.7 Å². The van der Waals surface area contributed by atoms with Crippen molar-refractivity contribution in [3.8, 4) is 0 Å². The first-order valence-corrected chi connectivity index (χ1v) is 9.44. The van der Waals surface area contributed by atoms with E-state index in [1.807, 2.05) is 13.0 Å². The van der Waals surface area contributed by atoms with Crippen molar-refractivity contribution in [1.82, 2.24) is 4.98 Å². The van der Waals surface area contributed by atoms with E-state index in [1.54, 1.807) is 19.1 Å². The van der Waals surface area contributed by atoms with Crippen molar-refractivity contribution in [2.75, 3.05) is 11.6 Å². The molecular weight excluding hydrogens is 376 g/mol. The normalized spacial score (nSPS) is 11.4. The average molecular weight is 389 g/mol. The van der Waals surface area contributed by atoms with Crippen LogP contribution in [-0.2, 0) is 9.84 Å². The minimum absolute atomic E-state index is 0.168. The van der Waals surface area contributed by atoms with Gasteiger partial charge in [-0.05, 0) is 41.4 Å². The van der Waals surface area contributed by atoms with E-state index < -0.39 is 9.84 Å². The molecule has 2 rings (SSSR count). The van der Waals surface area contributed by atoms with Crippen molar-refractivity contribution in [2.45, 2.75) is 18.1 Å². The summed E-state index contributed by atoms with van der Waals surface area (Å²) in [7, 11) is -3.33. The first kappa shape index (κ1) is 16.1. The Morgan fingerprint density at radius 2 is 2.00 bits per heavy atom. The minimum Gasteiger partial charge on any atom is -0.298 e. The maximum absolute atomic E-state index is 12.2. The second-order valence-electron chi connectivity index (χ2n) is 4.55. The van der Waals surface area contributed by atoms with Crippen molar-refractivity contribution < 1.29 is 13.2 Å². The molecule has 1 amide bonds. The summed E-state index contributed by atoms with van der Waals surface area (Å²) in [6.45, 7) is 3.49. The van der Waals surface area contributed by atoms with Crippen molar-refractivity contribution in [1.29, 1.82) is 0 Å². The molecule has 0 unspecified atom stereocenters. The molecule has 5 nitrogen and oxygen atoms in total. The number of rotatable bonds is 3. The molecular formula is C13H13BrN2O3S2. The number of aromatic nitrogens is 1. The lowest BCUT2D eigenvalue weighted by molar-refractivity contribution is 0.102. The van der Waals surface area contributed by atoms with Crippen LogP contribution < -0.4 is 5.32 Å². The van der Waals surface area contributed by atoms with Gasteiger partial charge < -0.3 is 0 Å². The van der Waals surface area contributed by atoms with E-state index in [-0.39, 0.29) is 15.2 Å². The van der Waals surface area contributed by atoms with E-state index in [4.69, 9.17) is 0 Å². The molecule has 0 atom stereocenters. The number of aryl methyl sites for hydroxylation is 2. The Kier molecular flexibility index (Phi) is 4.50. The predicted octanol–water partition coefficient (Wildman–Crippen LogP) is 3.18. The Hall–Kier alpha value is -1.25. The molecule has 0 saturated carbocycles. The van der Waals surface area contributed by atoms with Crippen molar-refractivity contribution in [2.24, 2.45) is 0 Å². The highest BCUT2D eigenvalue weighted by atomic mass is 79.9. The summed E-state index contributed by atoms with van der Waals surface area (Å²) < 4.78 is 24.0. The lowest BCUT2D eigenvalue weighted by Gasteiger charge is -2.06. The Balaban J connectivity index is 2.31. The van der Waals surface area contributed by atoms with Gasteiger partial charge in [-0.3, -0.25) is 10.1 Å². The number of halogens is 1. The lowest BCUT2D eigenvalue weighted by Crippen LogP contribution is -2.12. The molecule has 0 aliphatic heterocycles. The molecule has 0 radical (unpaired) electrons. The van der Waals surface area contributed by atoms with E-state index in [2.05, 4.69) is 26.2 Å². The van der Waals surface area contributed by atoms with E-state index in [1.165, 1.54) is 0 Å². The molecule has 0 aliphatic rings. The average Bonchev–Trinajstić information content (AvgIpc) is 2.73. The smallest absolute Gasteiger partial charge is 0.258 e. The van der Waals surface area contributed by atoms with E-state index in [0.717, 1.165) is 23.2 Å². The van der Waals surface area contributed by atoms with Crippen LogP contribution in [0.25, 0.3) is 0 Å². The number of hydrogen-bond donors (Lipinski definition) is 1. The highest BCUT2D eigenvalue weighted by molar-refractivity contribution is 9.10. The molecule has 1 heterocycles. The SMILES string of the molecule is Cc1cccc(C(=O)Nc2nc(C)c(S(C)(=O)=O)s2)c1Br. The van der Waals surface area contributed by atoms with Crippen LogP contribution in [0.3, 0.4) is 0 Å². The molecule has 0 bridgehead atoms. The molecule has 0 spiro atoms. The summed E-state index contributed by atoms with van der Waals surface area (Å²) in [5, 5.41) is 2.90. The fourth-order valence-electron chi connectivity index (χ4n) is 1.77. The number of carbonyl (C=O) groups excluding carboxylic acids is 1. The first-order valence-electron chi connectivity index (χ1n) is 5.94. The minimum atomic E-state index is -3.33. The van der Waals surface area contributed by atoms with Crippen molar-refractivity contribution in [3.63, 3.8) is 0 Å². The van der Waals surface area contributed by atoms with Gasteiger partial charge in [-0.1, -0.05) is 23.5 Å². The zero-order valence-corrected chi connectivity index (χ0v) is 14.8. The number of hydrogen-bond acceptors (Lipinski definition) is 5. The zero-order valence-electron chi connectivity index (χ0n) is 11.6. The molecule has 1 aromatic heterocycles. The number of amides is 1. The summed E-state index contributed by atoms with van der Waals surface area (Å²) >= 11 is 4.33. The number of sulfone groups is 1. The highest BCUT2D eigenvalue weighted by Crippen LogP contribution is 2.28. The van der Waals surface area contributed by atoms with Gasteiger partial charge in [0.25, 0.3) is 5.91 Å². The summed E-state index contributed by atoms with van der Waals surface area (Å²) in [6.07, 6.45) is 1.12. The van der Waals surface area contributed by atoms with Gasteiger partial charge in [-0.25, -0.2) is 13.4 Å². The Morgan fingerprint density at radius 3 is 2.57 bits per heavy atom. The monoisotopic (exact) mass is 388 g/mol. The van der Waals surface area contributed by atoms with E-state index >= 15 is 0 Å². The predicted molar refractivity (Wildman–Crippen MR) is 86.8 cm³/mol. The topological polar surface area (TPSA) is 76.1 Å². The number of nitrogens with one attached hydrogen (secondary N) is 1.